The van der Waals surface area contributed by atoms with Gasteiger partial charge in [-0.15, -0.1) is 0 Å². The maximum atomic E-state index is 9.47. The average molecular weight is 302 g/mol. The predicted octanol–water partition coefficient (Wildman–Crippen LogP) is 3.45. The van der Waals surface area contributed by atoms with Crippen molar-refractivity contribution >= 4 is 28.4 Å². The molecule has 1 fully saturated rings. The lowest BCUT2D eigenvalue weighted by Gasteiger charge is -2.25. The number of hydrogen-bond acceptors (Lipinski definition) is 4. The molecule has 1 saturated heterocycles. The fourth-order valence-electron chi connectivity index (χ4n) is 2.81. The van der Waals surface area contributed by atoms with Crippen LogP contribution < -0.4 is 4.90 Å². The molecule has 0 bridgehead atoms. The number of fused-ring (bicyclic) bond motifs is 1. The molecule has 2 aromatic rings. The van der Waals surface area contributed by atoms with E-state index >= 15 is 0 Å². The number of hydrogen-bond donors (Lipinski definition) is 1. The molecule has 0 amide bonds. The number of aliphatic hydroxyl groups is 1. The molecular weight excluding hydrogens is 280 g/mol. The zero-order chi connectivity index (χ0) is 14.9. The van der Waals surface area contributed by atoms with Gasteiger partial charge in [-0.3, -0.25) is 4.98 Å². The first kappa shape index (κ1) is 14.7. The Balaban J connectivity index is 2.02. The maximum Gasteiger partial charge on any atom is 0.0854 e. The summed E-state index contributed by atoms with van der Waals surface area (Å²) in [6, 6.07) is 10.3. The van der Waals surface area contributed by atoms with Crippen molar-refractivity contribution in [2.75, 3.05) is 23.7 Å². The molecule has 0 saturated carbocycles. The first-order valence-corrected chi connectivity index (χ1v) is 8.46. The number of benzene rings is 1. The lowest BCUT2D eigenvalue weighted by molar-refractivity contribution is 0.277. The minimum Gasteiger partial charge on any atom is -0.390 e. The lowest BCUT2D eigenvalue weighted by Crippen LogP contribution is -2.27. The molecule has 1 aromatic heterocycles. The Morgan fingerprint density at radius 3 is 2.90 bits per heavy atom. The third-order valence-corrected chi connectivity index (χ3v) is 5.46. The van der Waals surface area contributed by atoms with E-state index < -0.39 is 0 Å². The molecule has 1 aliphatic heterocycles. The van der Waals surface area contributed by atoms with E-state index in [1.54, 1.807) is 0 Å². The van der Waals surface area contributed by atoms with E-state index in [-0.39, 0.29) is 6.61 Å². The van der Waals surface area contributed by atoms with Gasteiger partial charge in [-0.2, -0.15) is 11.8 Å². The Morgan fingerprint density at radius 2 is 2.10 bits per heavy atom. The number of rotatable bonds is 2. The molecule has 0 spiro atoms. The summed E-state index contributed by atoms with van der Waals surface area (Å²) in [4.78, 5) is 6.97. The van der Waals surface area contributed by atoms with Gasteiger partial charge < -0.3 is 10.0 Å². The van der Waals surface area contributed by atoms with Crippen LogP contribution in [0, 0.1) is 0 Å². The van der Waals surface area contributed by atoms with Gasteiger partial charge in [-0.25, -0.2) is 0 Å². The highest BCUT2D eigenvalue weighted by molar-refractivity contribution is 8.00. The normalized spacial score (nSPS) is 18.7. The summed E-state index contributed by atoms with van der Waals surface area (Å²) < 4.78 is 0.345. The Kier molecular flexibility index (Phi) is 4.09. The molecule has 0 aliphatic carbocycles. The Hall–Kier alpha value is -1.26. The van der Waals surface area contributed by atoms with E-state index in [1.165, 1.54) is 17.5 Å². The number of aliphatic hydroxyl groups excluding tert-OH is 1. The second-order valence-electron chi connectivity index (χ2n) is 6.15. The standard InChI is InChI=1S/C17H22N2OS/c1-17(2)7-8-19(9-10-21-17)16-11-13(12-20)18-15-6-4-3-5-14(15)16/h3-6,11,20H,7-10,12H2,1-2H3. The smallest absolute Gasteiger partial charge is 0.0854 e. The van der Waals surface area contributed by atoms with Crippen LogP contribution in [0.3, 0.4) is 0 Å². The summed E-state index contributed by atoms with van der Waals surface area (Å²) in [5, 5.41) is 10.7. The van der Waals surface area contributed by atoms with Crippen LogP contribution in [-0.4, -0.2) is 33.7 Å². The Bertz CT molecular complexity index is 642. The SMILES string of the molecule is CC1(C)CCN(c2cc(CO)nc3ccccc23)CCS1. The summed E-state index contributed by atoms with van der Waals surface area (Å²) in [5.74, 6) is 1.14. The summed E-state index contributed by atoms with van der Waals surface area (Å²) in [6.45, 7) is 6.74. The molecule has 0 unspecified atom stereocenters. The van der Waals surface area contributed by atoms with Gasteiger partial charge in [-0.1, -0.05) is 32.0 Å². The first-order valence-electron chi connectivity index (χ1n) is 7.47. The topological polar surface area (TPSA) is 36.4 Å². The fraction of sp³-hybridized carbons (Fsp3) is 0.471. The van der Waals surface area contributed by atoms with Gasteiger partial charge >= 0.3 is 0 Å². The predicted molar refractivity (Wildman–Crippen MR) is 91.0 cm³/mol. The van der Waals surface area contributed by atoms with Gasteiger partial charge in [0, 0.05) is 34.7 Å². The number of para-hydroxylation sites is 1. The molecule has 1 N–H and O–H groups in total. The van der Waals surface area contributed by atoms with Crippen molar-refractivity contribution in [3.05, 3.63) is 36.0 Å². The minimum atomic E-state index is -0.00802. The van der Waals surface area contributed by atoms with Crippen LogP contribution >= 0.6 is 11.8 Å². The summed E-state index contributed by atoms with van der Waals surface area (Å²) in [6.07, 6.45) is 1.17. The van der Waals surface area contributed by atoms with Crippen molar-refractivity contribution in [1.82, 2.24) is 4.98 Å². The minimum absolute atomic E-state index is 0.00802. The number of aromatic nitrogens is 1. The summed E-state index contributed by atoms with van der Waals surface area (Å²) >= 11 is 2.05. The molecule has 112 valence electrons. The number of nitrogens with zero attached hydrogens (tertiary/aromatic N) is 2. The second-order valence-corrected chi connectivity index (χ2v) is 7.96. The zero-order valence-electron chi connectivity index (χ0n) is 12.7. The van der Waals surface area contributed by atoms with Crippen LogP contribution in [0.1, 0.15) is 26.0 Å². The zero-order valence-corrected chi connectivity index (χ0v) is 13.5. The Labute approximate surface area is 130 Å². The van der Waals surface area contributed by atoms with Crippen molar-refractivity contribution in [2.45, 2.75) is 31.6 Å². The van der Waals surface area contributed by atoms with Crippen molar-refractivity contribution in [3.8, 4) is 0 Å². The summed E-state index contributed by atoms with van der Waals surface area (Å²) in [7, 11) is 0. The monoisotopic (exact) mass is 302 g/mol. The van der Waals surface area contributed by atoms with E-state index in [2.05, 4.69) is 35.9 Å². The third kappa shape index (κ3) is 3.16. The van der Waals surface area contributed by atoms with Crippen LogP contribution in [0.2, 0.25) is 0 Å². The molecule has 0 radical (unpaired) electrons. The van der Waals surface area contributed by atoms with Crippen LogP contribution in [0.25, 0.3) is 10.9 Å². The van der Waals surface area contributed by atoms with Crippen molar-refractivity contribution in [3.63, 3.8) is 0 Å². The number of pyridine rings is 1. The van der Waals surface area contributed by atoms with Gasteiger partial charge in [0.2, 0.25) is 0 Å². The van der Waals surface area contributed by atoms with Gasteiger partial charge in [0.05, 0.1) is 17.8 Å². The van der Waals surface area contributed by atoms with Crippen molar-refractivity contribution in [2.24, 2.45) is 0 Å². The number of thioether (sulfide) groups is 1. The highest BCUT2D eigenvalue weighted by Crippen LogP contribution is 2.34. The van der Waals surface area contributed by atoms with E-state index in [0.717, 1.165) is 30.1 Å². The van der Waals surface area contributed by atoms with Gasteiger partial charge in [-0.05, 0) is 18.6 Å². The second kappa shape index (κ2) is 5.85. The number of anilines is 1. The molecule has 1 aromatic carbocycles. The molecular formula is C17H22N2OS. The fourth-order valence-corrected chi connectivity index (χ4v) is 3.91. The highest BCUT2D eigenvalue weighted by Gasteiger charge is 2.24. The first-order chi connectivity index (χ1) is 10.1. The van der Waals surface area contributed by atoms with Gasteiger partial charge in [0.25, 0.3) is 0 Å². The van der Waals surface area contributed by atoms with Crippen molar-refractivity contribution in [1.29, 1.82) is 0 Å². The van der Waals surface area contributed by atoms with E-state index in [0.29, 0.717) is 4.75 Å². The molecule has 4 heteroatoms. The van der Waals surface area contributed by atoms with E-state index in [1.807, 2.05) is 30.0 Å². The molecule has 3 rings (SSSR count). The van der Waals surface area contributed by atoms with Crippen LogP contribution in [0.15, 0.2) is 30.3 Å². The van der Waals surface area contributed by atoms with Crippen LogP contribution in [0.5, 0.6) is 0 Å². The van der Waals surface area contributed by atoms with Gasteiger partial charge in [0.15, 0.2) is 0 Å². The van der Waals surface area contributed by atoms with E-state index in [4.69, 9.17) is 0 Å². The molecule has 2 heterocycles. The van der Waals surface area contributed by atoms with Crippen molar-refractivity contribution < 1.29 is 5.11 Å². The molecule has 1 aliphatic rings. The average Bonchev–Trinajstić information content (AvgIpc) is 2.67. The molecule has 0 atom stereocenters. The van der Waals surface area contributed by atoms with Crippen LogP contribution in [-0.2, 0) is 6.61 Å². The lowest BCUT2D eigenvalue weighted by atomic mass is 10.1. The Morgan fingerprint density at radius 1 is 1.29 bits per heavy atom. The largest absolute Gasteiger partial charge is 0.390 e. The molecule has 21 heavy (non-hydrogen) atoms. The van der Waals surface area contributed by atoms with Crippen LogP contribution in [0.4, 0.5) is 5.69 Å². The molecule has 3 nitrogen and oxygen atoms in total. The van der Waals surface area contributed by atoms with Gasteiger partial charge in [0.1, 0.15) is 0 Å². The quantitative estimate of drug-likeness (QED) is 0.922. The highest BCUT2D eigenvalue weighted by atomic mass is 32.2. The maximum absolute atomic E-state index is 9.47. The summed E-state index contributed by atoms with van der Waals surface area (Å²) in [5.41, 5.74) is 2.93. The van der Waals surface area contributed by atoms with E-state index in [9.17, 15) is 5.11 Å². The third-order valence-electron chi connectivity index (χ3n) is 4.09.